The second-order valence-electron chi connectivity index (χ2n) is 5.22. The Morgan fingerprint density at radius 3 is 2.90 bits per heavy atom. The van der Waals surface area contributed by atoms with Crippen molar-refractivity contribution in [2.24, 2.45) is 0 Å². The largest absolute Gasteiger partial charge is 0.481 e. The minimum Gasteiger partial charge on any atom is -0.481 e. The van der Waals surface area contributed by atoms with Crippen molar-refractivity contribution in [3.63, 3.8) is 0 Å². The lowest BCUT2D eigenvalue weighted by Gasteiger charge is -2.16. The van der Waals surface area contributed by atoms with Gasteiger partial charge < -0.3 is 9.30 Å². The third kappa shape index (κ3) is 2.22. The molecule has 0 atom stereocenters. The fourth-order valence-corrected chi connectivity index (χ4v) is 2.82. The highest BCUT2D eigenvalue weighted by molar-refractivity contribution is 5.98. The lowest BCUT2D eigenvalue weighted by Crippen LogP contribution is -2.14. The summed E-state index contributed by atoms with van der Waals surface area (Å²) in [6.45, 7) is 2.81. The van der Waals surface area contributed by atoms with Crippen molar-refractivity contribution in [3.05, 3.63) is 46.9 Å². The van der Waals surface area contributed by atoms with Crippen LogP contribution in [0.1, 0.15) is 40.2 Å². The zero-order chi connectivity index (χ0) is 14.1. The molecule has 0 aliphatic heterocycles. The van der Waals surface area contributed by atoms with Gasteiger partial charge in [-0.25, -0.2) is 4.98 Å². The number of Topliss-reactive ketones (excluding diaryl/α,β-unsaturated/α-hetero) is 1. The molecule has 0 spiro atoms. The molecule has 0 amide bonds. The van der Waals surface area contributed by atoms with E-state index in [1.165, 1.54) is 5.69 Å². The standard InChI is InChI=1S/C16H18N2O2/c1-11-8-13-14(4-3-5-15(13)19)18(11)10-12-6-7-16(20-2)17-9-12/h6-9H,3-5,10H2,1-2H3. The molecule has 0 saturated heterocycles. The molecule has 0 fully saturated rings. The number of nitrogens with zero attached hydrogens (tertiary/aromatic N) is 2. The van der Waals surface area contributed by atoms with Gasteiger partial charge in [0.25, 0.3) is 0 Å². The molecule has 0 N–H and O–H groups in total. The molecule has 0 bridgehead atoms. The Labute approximate surface area is 118 Å². The first-order valence-corrected chi connectivity index (χ1v) is 6.90. The van der Waals surface area contributed by atoms with Gasteiger partial charge in [-0.3, -0.25) is 4.79 Å². The van der Waals surface area contributed by atoms with Crippen LogP contribution in [0.2, 0.25) is 0 Å². The Bertz CT molecular complexity index is 641. The van der Waals surface area contributed by atoms with E-state index in [4.69, 9.17) is 4.74 Å². The Hall–Kier alpha value is -2.10. The van der Waals surface area contributed by atoms with Crippen molar-refractivity contribution < 1.29 is 9.53 Å². The summed E-state index contributed by atoms with van der Waals surface area (Å²) in [6, 6.07) is 5.90. The smallest absolute Gasteiger partial charge is 0.212 e. The average molecular weight is 270 g/mol. The lowest BCUT2D eigenvalue weighted by atomic mass is 9.96. The van der Waals surface area contributed by atoms with Gasteiger partial charge in [0.15, 0.2) is 5.78 Å². The number of hydrogen-bond acceptors (Lipinski definition) is 3. The van der Waals surface area contributed by atoms with E-state index >= 15 is 0 Å². The minimum atomic E-state index is 0.279. The van der Waals surface area contributed by atoms with E-state index in [-0.39, 0.29) is 5.78 Å². The van der Waals surface area contributed by atoms with Crippen LogP contribution >= 0.6 is 0 Å². The first-order chi connectivity index (χ1) is 9.69. The summed E-state index contributed by atoms with van der Waals surface area (Å²) in [4.78, 5) is 16.2. The van der Waals surface area contributed by atoms with Gasteiger partial charge in [0, 0.05) is 42.2 Å². The van der Waals surface area contributed by atoms with Crippen molar-refractivity contribution in [1.82, 2.24) is 9.55 Å². The first kappa shape index (κ1) is 12.9. The van der Waals surface area contributed by atoms with Crippen LogP contribution in [0.4, 0.5) is 0 Å². The lowest BCUT2D eigenvalue weighted by molar-refractivity contribution is 0.0972. The predicted octanol–water partition coefficient (Wildman–Crippen LogP) is 2.77. The van der Waals surface area contributed by atoms with E-state index in [0.29, 0.717) is 12.3 Å². The van der Waals surface area contributed by atoms with Gasteiger partial charge in [-0.1, -0.05) is 6.07 Å². The van der Waals surface area contributed by atoms with E-state index in [0.717, 1.165) is 36.2 Å². The van der Waals surface area contributed by atoms with Crippen LogP contribution in [0.15, 0.2) is 24.4 Å². The molecule has 104 valence electrons. The first-order valence-electron chi connectivity index (χ1n) is 6.90. The van der Waals surface area contributed by atoms with E-state index < -0.39 is 0 Å². The van der Waals surface area contributed by atoms with E-state index in [1.807, 2.05) is 24.4 Å². The molecule has 20 heavy (non-hydrogen) atoms. The number of hydrogen-bond donors (Lipinski definition) is 0. The molecule has 3 rings (SSSR count). The monoisotopic (exact) mass is 270 g/mol. The molecular formula is C16H18N2O2. The Kier molecular flexibility index (Phi) is 3.30. The van der Waals surface area contributed by atoms with Crippen LogP contribution < -0.4 is 4.74 Å². The number of pyridine rings is 1. The summed E-state index contributed by atoms with van der Waals surface area (Å²) in [6.07, 6.45) is 4.45. The summed E-state index contributed by atoms with van der Waals surface area (Å²) in [5, 5.41) is 0. The van der Waals surface area contributed by atoms with Crippen molar-refractivity contribution >= 4 is 5.78 Å². The molecule has 0 saturated carbocycles. The summed E-state index contributed by atoms with van der Waals surface area (Å²) in [5.41, 5.74) is 4.34. The van der Waals surface area contributed by atoms with Gasteiger partial charge in [-0.2, -0.15) is 0 Å². The second-order valence-corrected chi connectivity index (χ2v) is 5.22. The molecule has 2 aromatic heterocycles. The van der Waals surface area contributed by atoms with Crippen molar-refractivity contribution in [3.8, 4) is 5.88 Å². The highest BCUT2D eigenvalue weighted by Gasteiger charge is 2.22. The van der Waals surface area contributed by atoms with E-state index in [2.05, 4.69) is 16.5 Å². The number of ketones is 1. The molecule has 1 aliphatic rings. The van der Waals surface area contributed by atoms with E-state index in [1.54, 1.807) is 7.11 Å². The highest BCUT2D eigenvalue weighted by Crippen LogP contribution is 2.25. The molecule has 0 unspecified atom stereocenters. The maximum atomic E-state index is 11.9. The van der Waals surface area contributed by atoms with Crippen LogP contribution in [-0.4, -0.2) is 22.4 Å². The summed E-state index contributed by atoms with van der Waals surface area (Å²) in [7, 11) is 1.61. The maximum absolute atomic E-state index is 11.9. The van der Waals surface area contributed by atoms with Gasteiger partial charge in [0.1, 0.15) is 0 Å². The molecule has 0 aromatic carbocycles. The van der Waals surface area contributed by atoms with Gasteiger partial charge in [-0.15, -0.1) is 0 Å². The highest BCUT2D eigenvalue weighted by atomic mass is 16.5. The number of carbonyl (C=O) groups excluding carboxylic acids is 1. The Morgan fingerprint density at radius 2 is 2.20 bits per heavy atom. The van der Waals surface area contributed by atoms with Gasteiger partial charge in [-0.05, 0) is 31.4 Å². The van der Waals surface area contributed by atoms with Gasteiger partial charge >= 0.3 is 0 Å². The quantitative estimate of drug-likeness (QED) is 0.861. The zero-order valence-corrected chi connectivity index (χ0v) is 11.8. The number of rotatable bonds is 3. The Morgan fingerprint density at radius 1 is 1.35 bits per heavy atom. The van der Waals surface area contributed by atoms with Crippen molar-refractivity contribution in [2.75, 3.05) is 7.11 Å². The number of fused-ring (bicyclic) bond motifs is 1. The van der Waals surface area contributed by atoms with Gasteiger partial charge in [0.2, 0.25) is 5.88 Å². The third-order valence-electron chi connectivity index (χ3n) is 3.88. The van der Waals surface area contributed by atoms with Crippen LogP contribution in [-0.2, 0) is 13.0 Å². The van der Waals surface area contributed by atoms with Crippen molar-refractivity contribution in [2.45, 2.75) is 32.7 Å². The molecule has 4 heteroatoms. The van der Waals surface area contributed by atoms with Crippen molar-refractivity contribution in [1.29, 1.82) is 0 Å². The summed E-state index contributed by atoms with van der Waals surface area (Å²) in [5.74, 6) is 0.899. The topological polar surface area (TPSA) is 44.1 Å². The predicted molar refractivity (Wildman–Crippen MR) is 76.3 cm³/mol. The summed E-state index contributed by atoms with van der Waals surface area (Å²) >= 11 is 0. The molecule has 2 heterocycles. The molecule has 0 radical (unpaired) electrons. The number of aryl methyl sites for hydroxylation is 1. The normalized spacial score (nSPS) is 14.2. The minimum absolute atomic E-state index is 0.279. The third-order valence-corrected chi connectivity index (χ3v) is 3.88. The Balaban J connectivity index is 1.92. The average Bonchev–Trinajstić information content (AvgIpc) is 2.78. The maximum Gasteiger partial charge on any atom is 0.212 e. The summed E-state index contributed by atoms with van der Waals surface area (Å²) < 4.78 is 7.30. The van der Waals surface area contributed by atoms with Crippen LogP contribution in [0.5, 0.6) is 5.88 Å². The number of aromatic nitrogens is 2. The van der Waals surface area contributed by atoms with E-state index in [9.17, 15) is 4.79 Å². The molecule has 1 aliphatic carbocycles. The number of ether oxygens (including phenoxy) is 1. The molecule has 4 nitrogen and oxygen atoms in total. The molecule has 2 aromatic rings. The van der Waals surface area contributed by atoms with Crippen LogP contribution in [0.25, 0.3) is 0 Å². The molecular weight excluding hydrogens is 252 g/mol. The zero-order valence-electron chi connectivity index (χ0n) is 11.8. The number of carbonyl (C=O) groups is 1. The van der Waals surface area contributed by atoms with Crippen LogP contribution in [0, 0.1) is 6.92 Å². The fraction of sp³-hybridized carbons (Fsp3) is 0.375. The van der Waals surface area contributed by atoms with Crippen LogP contribution in [0.3, 0.4) is 0 Å². The fourth-order valence-electron chi connectivity index (χ4n) is 2.82. The van der Waals surface area contributed by atoms with Gasteiger partial charge in [0.05, 0.1) is 7.11 Å². The second kappa shape index (κ2) is 5.12. The SMILES string of the molecule is COc1ccc(Cn2c(C)cc3c2CCCC3=O)cn1. The number of methoxy groups -OCH3 is 1.